The number of aromatic nitrogens is 2. The third-order valence-corrected chi connectivity index (χ3v) is 4.54. The SMILES string of the molecule is Fc1ccc2c(c1)CCN(c1ncnc3sccc13)C2. The van der Waals surface area contributed by atoms with Gasteiger partial charge in [-0.25, -0.2) is 14.4 Å². The molecule has 0 radical (unpaired) electrons. The predicted molar refractivity (Wildman–Crippen MR) is 78.6 cm³/mol. The lowest BCUT2D eigenvalue weighted by Crippen LogP contribution is -2.31. The van der Waals surface area contributed by atoms with Crippen molar-refractivity contribution in [2.75, 3.05) is 11.4 Å². The molecule has 0 bridgehead atoms. The molecule has 3 aromatic rings. The fraction of sp³-hybridized carbons (Fsp3) is 0.200. The molecular formula is C15H12FN3S. The van der Waals surface area contributed by atoms with Crippen LogP contribution in [-0.2, 0) is 13.0 Å². The Morgan fingerprint density at radius 1 is 1.15 bits per heavy atom. The van der Waals surface area contributed by atoms with Crippen molar-refractivity contribution >= 4 is 27.4 Å². The monoisotopic (exact) mass is 285 g/mol. The maximum absolute atomic E-state index is 13.2. The van der Waals surface area contributed by atoms with Gasteiger partial charge in [0, 0.05) is 13.1 Å². The van der Waals surface area contributed by atoms with Crippen molar-refractivity contribution in [1.29, 1.82) is 0 Å². The van der Waals surface area contributed by atoms with Crippen LogP contribution in [0.1, 0.15) is 11.1 Å². The second-order valence-electron chi connectivity index (χ2n) is 4.92. The van der Waals surface area contributed by atoms with Gasteiger partial charge in [0.2, 0.25) is 0 Å². The third kappa shape index (κ3) is 1.86. The molecule has 3 nitrogen and oxygen atoms in total. The minimum Gasteiger partial charge on any atom is -0.351 e. The summed E-state index contributed by atoms with van der Waals surface area (Å²) in [6, 6.07) is 7.12. The van der Waals surface area contributed by atoms with Crippen molar-refractivity contribution in [1.82, 2.24) is 9.97 Å². The van der Waals surface area contributed by atoms with Gasteiger partial charge in [-0.2, -0.15) is 0 Å². The molecule has 100 valence electrons. The number of halogens is 1. The van der Waals surface area contributed by atoms with Crippen LogP contribution in [0.4, 0.5) is 10.2 Å². The lowest BCUT2D eigenvalue weighted by atomic mass is 9.99. The second-order valence-corrected chi connectivity index (χ2v) is 5.82. The van der Waals surface area contributed by atoms with Crippen LogP contribution in [0.25, 0.3) is 10.2 Å². The van der Waals surface area contributed by atoms with E-state index < -0.39 is 0 Å². The molecule has 0 aliphatic carbocycles. The van der Waals surface area contributed by atoms with E-state index in [1.54, 1.807) is 23.7 Å². The van der Waals surface area contributed by atoms with Crippen LogP contribution in [-0.4, -0.2) is 16.5 Å². The number of fused-ring (bicyclic) bond motifs is 2. The van der Waals surface area contributed by atoms with Gasteiger partial charge >= 0.3 is 0 Å². The Labute approximate surface area is 119 Å². The van der Waals surface area contributed by atoms with Gasteiger partial charge in [-0.15, -0.1) is 11.3 Å². The van der Waals surface area contributed by atoms with Gasteiger partial charge in [0.25, 0.3) is 0 Å². The first-order valence-corrected chi connectivity index (χ1v) is 7.40. The summed E-state index contributed by atoms with van der Waals surface area (Å²) in [6.07, 6.45) is 2.47. The fourth-order valence-corrected chi connectivity index (χ4v) is 3.46. The summed E-state index contributed by atoms with van der Waals surface area (Å²) in [5.41, 5.74) is 2.29. The predicted octanol–water partition coefficient (Wildman–Crippen LogP) is 3.39. The smallest absolute Gasteiger partial charge is 0.141 e. The largest absolute Gasteiger partial charge is 0.351 e. The first kappa shape index (κ1) is 11.8. The maximum atomic E-state index is 13.2. The normalized spacial score (nSPS) is 14.6. The molecule has 0 unspecified atom stereocenters. The molecule has 0 spiro atoms. The molecule has 0 fully saturated rings. The number of anilines is 1. The van der Waals surface area contributed by atoms with E-state index in [1.165, 1.54) is 11.6 Å². The summed E-state index contributed by atoms with van der Waals surface area (Å²) >= 11 is 1.63. The molecule has 1 aliphatic rings. The average molecular weight is 285 g/mol. The number of hydrogen-bond acceptors (Lipinski definition) is 4. The average Bonchev–Trinajstić information content (AvgIpc) is 2.95. The zero-order valence-electron chi connectivity index (χ0n) is 10.7. The first-order valence-electron chi connectivity index (χ1n) is 6.52. The van der Waals surface area contributed by atoms with Gasteiger partial charge in [-0.05, 0) is 41.1 Å². The van der Waals surface area contributed by atoms with E-state index in [1.807, 2.05) is 11.4 Å². The van der Waals surface area contributed by atoms with Gasteiger partial charge in [0.15, 0.2) is 0 Å². The van der Waals surface area contributed by atoms with Gasteiger partial charge in [-0.3, -0.25) is 0 Å². The lowest BCUT2D eigenvalue weighted by molar-refractivity contribution is 0.619. The number of hydrogen-bond donors (Lipinski definition) is 0. The summed E-state index contributed by atoms with van der Waals surface area (Å²) in [5, 5.41) is 3.14. The van der Waals surface area contributed by atoms with Crippen LogP contribution in [0, 0.1) is 5.82 Å². The minimum atomic E-state index is -0.153. The van der Waals surface area contributed by atoms with Crippen molar-refractivity contribution in [3.05, 3.63) is 52.9 Å². The van der Waals surface area contributed by atoms with Crippen LogP contribution in [0.2, 0.25) is 0 Å². The maximum Gasteiger partial charge on any atom is 0.141 e. The summed E-state index contributed by atoms with van der Waals surface area (Å²) in [7, 11) is 0. The van der Waals surface area contributed by atoms with Crippen LogP contribution in [0.15, 0.2) is 36.0 Å². The van der Waals surface area contributed by atoms with E-state index in [4.69, 9.17) is 0 Å². The van der Waals surface area contributed by atoms with Crippen LogP contribution >= 0.6 is 11.3 Å². The number of nitrogens with zero attached hydrogens (tertiary/aromatic N) is 3. The van der Waals surface area contributed by atoms with E-state index in [9.17, 15) is 4.39 Å². The van der Waals surface area contributed by atoms with Crippen molar-refractivity contribution in [3.8, 4) is 0 Å². The molecule has 2 aromatic heterocycles. The van der Waals surface area contributed by atoms with Crippen molar-refractivity contribution in [3.63, 3.8) is 0 Å². The third-order valence-electron chi connectivity index (χ3n) is 3.72. The van der Waals surface area contributed by atoms with Gasteiger partial charge in [0.05, 0.1) is 5.39 Å². The summed E-state index contributed by atoms with van der Waals surface area (Å²) < 4.78 is 13.2. The van der Waals surface area contributed by atoms with Gasteiger partial charge in [-0.1, -0.05) is 6.07 Å². The van der Waals surface area contributed by atoms with Crippen LogP contribution in [0.5, 0.6) is 0 Å². The molecule has 0 saturated heterocycles. The molecule has 0 saturated carbocycles. The standard InChI is InChI=1S/C15H12FN3S/c16-12-2-1-11-8-19(5-3-10(11)7-12)14-13-4-6-20-15(13)18-9-17-14/h1-2,4,6-7,9H,3,5,8H2. The molecule has 4 rings (SSSR count). The molecule has 0 amide bonds. The molecular weight excluding hydrogens is 273 g/mol. The Kier molecular flexibility index (Phi) is 2.67. The Hall–Kier alpha value is -2.01. The molecule has 0 N–H and O–H groups in total. The molecule has 20 heavy (non-hydrogen) atoms. The molecule has 3 heterocycles. The van der Waals surface area contributed by atoms with E-state index >= 15 is 0 Å². The second kappa shape index (κ2) is 4.52. The molecule has 0 atom stereocenters. The molecule has 1 aromatic carbocycles. The highest BCUT2D eigenvalue weighted by molar-refractivity contribution is 7.16. The zero-order valence-corrected chi connectivity index (χ0v) is 11.5. The van der Waals surface area contributed by atoms with Crippen LogP contribution < -0.4 is 4.90 Å². The highest BCUT2D eigenvalue weighted by Crippen LogP contribution is 2.30. The highest BCUT2D eigenvalue weighted by Gasteiger charge is 2.20. The Morgan fingerprint density at radius 3 is 3.05 bits per heavy atom. The van der Waals surface area contributed by atoms with Crippen molar-refractivity contribution in [2.24, 2.45) is 0 Å². The zero-order chi connectivity index (χ0) is 13.5. The fourth-order valence-electron chi connectivity index (χ4n) is 2.73. The Morgan fingerprint density at radius 2 is 2.10 bits per heavy atom. The summed E-state index contributed by atoms with van der Waals surface area (Å²) in [4.78, 5) is 12.0. The van der Waals surface area contributed by atoms with Crippen molar-refractivity contribution < 1.29 is 4.39 Å². The van der Waals surface area contributed by atoms with E-state index in [0.29, 0.717) is 0 Å². The number of rotatable bonds is 1. The number of benzene rings is 1. The minimum absolute atomic E-state index is 0.153. The molecule has 1 aliphatic heterocycles. The van der Waals surface area contributed by atoms with E-state index in [0.717, 1.165) is 41.1 Å². The van der Waals surface area contributed by atoms with Crippen LogP contribution in [0.3, 0.4) is 0 Å². The highest BCUT2D eigenvalue weighted by atomic mass is 32.1. The summed E-state index contributed by atoms with van der Waals surface area (Å²) in [6.45, 7) is 1.63. The first-order chi connectivity index (χ1) is 9.81. The quantitative estimate of drug-likeness (QED) is 0.686. The molecule has 5 heteroatoms. The Bertz CT molecular complexity index is 784. The van der Waals surface area contributed by atoms with Gasteiger partial charge < -0.3 is 4.90 Å². The van der Waals surface area contributed by atoms with E-state index in [2.05, 4.69) is 20.9 Å². The topological polar surface area (TPSA) is 29.0 Å². The lowest BCUT2D eigenvalue weighted by Gasteiger charge is -2.30. The van der Waals surface area contributed by atoms with Crippen molar-refractivity contribution in [2.45, 2.75) is 13.0 Å². The Balaban J connectivity index is 1.74. The number of thiophene rings is 1. The van der Waals surface area contributed by atoms with E-state index in [-0.39, 0.29) is 5.82 Å². The summed E-state index contributed by atoms with van der Waals surface area (Å²) in [5.74, 6) is 0.825. The van der Waals surface area contributed by atoms with Gasteiger partial charge in [0.1, 0.15) is 22.8 Å².